The predicted octanol–water partition coefficient (Wildman–Crippen LogP) is 5.52. The zero-order valence-corrected chi connectivity index (χ0v) is 20.2. The summed E-state index contributed by atoms with van der Waals surface area (Å²) in [4.78, 5) is 27.7. The van der Waals surface area contributed by atoms with Crippen LogP contribution in [0.15, 0.2) is 84.1 Å². The Kier molecular flexibility index (Phi) is 6.03. The molecule has 0 radical (unpaired) electrons. The number of para-hydroxylation sites is 2. The van der Waals surface area contributed by atoms with E-state index < -0.39 is 0 Å². The summed E-state index contributed by atoms with van der Waals surface area (Å²) in [6.07, 6.45) is 1.20. The van der Waals surface area contributed by atoms with Crippen molar-refractivity contribution in [3.05, 3.63) is 101 Å². The van der Waals surface area contributed by atoms with Gasteiger partial charge in [-0.1, -0.05) is 36.4 Å². The van der Waals surface area contributed by atoms with Gasteiger partial charge in [-0.2, -0.15) is 0 Å². The molecule has 1 aliphatic heterocycles. The molecule has 0 fully saturated rings. The van der Waals surface area contributed by atoms with Crippen LogP contribution in [0.3, 0.4) is 0 Å². The number of allylic oxidation sites excluding steroid dienone is 1. The number of benzene rings is 3. The minimum Gasteiger partial charge on any atom is -0.465 e. The molecular weight excluding hydrogens is 438 g/mol. The number of ether oxygens (including phenoxy) is 1. The fourth-order valence-corrected chi connectivity index (χ4v) is 4.95. The summed E-state index contributed by atoms with van der Waals surface area (Å²) in [5, 5.41) is 7.15. The number of nitrogens with zero attached hydrogens (tertiary/aromatic N) is 1. The van der Waals surface area contributed by atoms with Crippen molar-refractivity contribution < 1.29 is 14.3 Å². The standard InChI is InChI=1S/C29H29N3O3/c1-32(2)22-14-12-18(13-15-22)21-16-25-27(26(33)17-21)28(31-24-7-5-4-6-23(24)30-25)19-8-10-20(11-9-19)29(34)35-3/h4-15,21,28,30-31H,16-17H2,1-3H3/t21-,28+/m0/s1. The Bertz CT molecular complexity index is 1290. The lowest BCUT2D eigenvalue weighted by molar-refractivity contribution is -0.116. The van der Waals surface area contributed by atoms with E-state index in [1.165, 1.54) is 12.7 Å². The summed E-state index contributed by atoms with van der Waals surface area (Å²) < 4.78 is 4.83. The fourth-order valence-electron chi connectivity index (χ4n) is 4.95. The number of hydrogen-bond donors (Lipinski definition) is 2. The Hall–Kier alpha value is -4.06. The zero-order chi connectivity index (χ0) is 24.5. The maximum absolute atomic E-state index is 13.7. The van der Waals surface area contributed by atoms with Crippen molar-refractivity contribution in [2.24, 2.45) is 0 Å². The third-order valence-electron chi connectivity index (χ3n) is 6.85. The Labute approximate surface area is 205 Å². The second-order valence-corrected chi connectivity index (χ2v) is 9.27. The second-order valence-electron chi connectivity index (χ2n) is 9.27. The highest BCUT2D eigenvalue weighted by Crippen LogP contribution is 2.44. The van der Waals surface area contributed by atoms with Gasteiger partial charge in [0.1, 0.15) is 0 Å². The average Bonchev–Trinajstić information content (AvgIpc) is 3.05. The molecule has 6 heteroatoms. The van der Waals surface area contributed by atoms with Crippen LogP contribution in [-0.4, -0.2) is 33.0 Å². The van der Waals surface area contributed by atoms with Crippen molar-refractivity contribution in [1.82, 2.24) is 0 Å². The summed E-state index contributed by atoms with van der Waals surface area (Å²) in [7, 11) is 5.41. The van der Waals surface area contributed by atoms with Crippen LogP contribution < -0.4 is 15.5 Å². The first kappa shape index (κ1) is 22.7. The largest absolute Gasteiger partial charge is 0.465 e. The molecule has 0 unspecified atom stereocenters. The number of ketones is 1. The van der Waals surface area contributed by atoms with Gasteiger partial charge in [-0.3, -0.25) is 4.79 Å². The molecule has 0 spiro atoms. The Balaban J connectivity index is 1.53. The smallest absolute Gasteiger partial charge is 0.337 e. The summed E-state index contributed by atoms with van der Waals surface area (Å²) in [6, 6.07) is 23.4. The SMILES string of the molecule is COC(=O)c1ccc([C@H]2Nc3ccccc3NC3=C2C(=O)C[C@@H](c2ccc(N(C)C)cc2)C3)cc1. The summed E-state index contributed by atoms with van der Waals surface area (Å²) >= 11 is 0. The van der Waals surface area contributed by atoms with Gasteiger partial charge in [-0.05, 0) is 59.9 Å². The number of fused-ring (bicyclic) bond motifs is 1. The van der Waals surface area contributed by atoms with Crippen molar-refractivity contribution in [3.63, 3.8) is 0 Å². The van der Waals surface area contributed by atoms with Crippen molar-refractivity contribution >= 4 is 28.8 Å². The number of rotatable bonds is 4. The Morgan fingerprint density at radius 1 is 0.886 bits per heavy atom. The van der Waals surface area contributed by atoms with Crippen molar-refractivity contribution in [2.45, 2.75) is 24.8 Å². The molecule has 2 N–H and O–H groups in total. The highest BCUT2D eigenvalue weighted by molar-refractivity contribution is 6.01. The van der Waals surface area contributed by atoms with E-state index in [2.05, 4.69) is 39.8 Å². The van der Waals surface area contributed by atoms with Crippen molar-refractivity contribution in [3.8, 4) is 0 Å². The molecule has 2 atom stereocenters. The van der Waals surface area contributed by atoms with E-state index >= 15 is 0 Å². The highest BCUT2D eigenvalue weighted by Gasteiger charge is 2.36. The van der Waals surface area contributed by atoms with Gasteiger partial charge in [0.25, 0.3) is 0 Å². The number of anilines is 3. The van der Waals surface area contributed by atoms with Crippen LogP contribution in [0, 0.1) is 0 Å². The van der Waals surface area contributed by atoms with Gasteiger partial charge in [0, 0.05) is 37.5 Å². The summed E-state index contributed by atoms with van der Waals surface area (Å²) in [5.74, 6) is -0.144. The average molecular weight is 468 g/mol. The van der Waals surface area contributed by atoms with Crippen LogP contribution in [0.25, 0.3) is 0 Å². The number of carbonyl (C=O) groups is 2. The molecule has 0 aromatic heterocycles. The maximum atomic E-state index is 13.7. The monoisotopic (exact) mass is 467 g/mol. The van der Waals surface area contributed by atoms with E-state index in [9.17, 15) is 9.59 Å². The van der Waals surface area contributed by atoms with Crippen LogP contribution in [0.4, 0.5) is 17.1 Å². The summed E-state index contributed by atoms with van der Waals surface area (Å²) in [5.41, 5.74) is 7.29. The third-order valence-corrected chi connectivity index (χ3v) is 6.85. The van der Waals surface area contributed by atoms with Gasteiger partial charge in [-0.15, -0.1) is 0 Å². The van der Waals surface area contributed by atoms with Crippen LogP contribution in [0.5, 0.6) is 0 Å². The minimum absolute atomic E-state index is 0.109. The first-order valence-corrected chi connectivity index (χ1v) is 11.8. The fraction of sp³-hybridized carbons (Fsp3) is 0.241. The minimum atomic E-state index is -0.380. The zero-order valence-electron chi connectivity index (χ0n) is 20.2. The van der Waals surface area contributed by atoms with Gasteiger partial charge in [0.05, 0.1) is 30.1 Å². The van der Waals surface area contributed by atoms with Gasteiger partial charge in [0.2, 0.25) is 0 Å². The molecule has 2 aliphatic rings. The predicted molar refractivity (Wildman–Crippen MR) is 139 cm³/mol. The molecule has 35 heavy (non-hydrogen) atoms. The van der Waals surface area contributed by atoms with E-state index in [1.807, 2.05) is 50.5 Å². The highest BCUT2D eigenvalue weighted by atomic mass is 16.5. The van der Waals surface area contributed by atoms with E-state index in [0.29, 0.717) is 12.0 Å². The second kappa shape index (κ2) is 9.29. The number of carbonyl (C=O) groups excluding carboxylic acids is 2. The maximum Gasteiger partial charge on any atom is 0.337 e. The molecule has 0 amide bonds. The molecular formula is C29H29N3O3. The quantitative estimate of drug-likeness (QED) is 0.493. The molecule has 3 aromatic rings. The number of Topliss-reactive ketones (excluding diaryl/α,β-unsaturated/α-hetero) is 1. The van der Waals surface area contributed by atoms with Gasteiger partial charge in [0.15, 0.2) is 5.78 Å². The van der Waals surface area contributed by atoms with Crippen LogP contribution >= 0.6 is 0 Å². The van der Waals surface area contributed by atoms with E-state index in [-0.39, 0.29) is 23.7 Å². The van der Waals surface area contributed by atoms with E-state index in [4.69, 9.17) is 4.74 Å². The van der Waals surface area contributed by atoms with E-state index in [0.717, 1.165) is 40.3 Å². The topological polar surface area (TPSA) is 70.7 Å². The lowest BCUT2D eigenvalue weighted by atomic mass is 9.78. The summed E-state index contributed by atoms with van der Waals surface area (Å²) in [6.45, 7) is 0. The normalized spacial score (nSPS) is 19.0. The van der Waals surface area contributed by atoms with E-state index in [1.54, 1.807) is 12.1 Å². The van der Waals surface area contributed by atoms with Crippen molar-refractivity contribution in [1.29, 1.82) is 0 Å². The van der Waals surface area contributed by atoms with Gasteiger partial charge < -0.3 is 20.3 Å². The van der Waals surface area contributed by atoms with Gasteiger partial charge in [-0.25, -0.2) is 4.79 Å². The lowest BCUT2D eigenvalue weighted by Crippen LogP contribution is -2.27. The number of hydrogen-bond acceptors (Lipinski definition) is 6. The lowest BCUT2D eigenvalue weighted by Gasteiger charge is -2.30. The van der Waals surface area contributed by atoms with Gasteiger partial charge >= 0.3 is 5.97 Å². The molecule has 0 saturated heterocycles. The van der Waals surface area contributed by atoms with Crippen LogP contribution in [0.1, 0.15) is 46.3 Å². The Morgan fingerprint density at radius 3 is 2.20 bits per heavy atom. The molecule has 3 aromatic carbocycles. The van der Waals surface area contributed by atoms with Crippen LogP contribution in [0.2, 0.25) is 0 Å². The first-order chi connectivity index (χ1) is 16.9. The molecule has 0 saturated carbocycles. The molecule has 0 bridgehead atoms. The van der Waals surface area contributed by atoms with Crippen molar-refractivity contribution in [2.75, 3.05) is 36.7 Å². The first-order valence-electron chi connectivity index (χ1n) is 11.8. The molecule has 6 nitrogen and oxygen atoms in total. The number of nitrogens with one attached hydrogen (secondary N) is 2. The Morgan fingerprint density at radius 2 is 1.54 bits per heavy atom. The molecule has 1 aliphatic carbocycles. The number of esters is 1. The third kappa shape index (κ3) is 4.39. The molecule has 178 valence electrons. The molecule has 1 heterocycles. The van der Waals surface area contributed by atoms with Crippen LogP contribution in [-0.2, 0) is 9.53 Å². The molecule has 5 rings (SSSR count). The number of methoxy groups -OCH3 is 1.